The van der Waals surface area contributed by atoms with Gasteiger partial charge in [-0.15, -0.1) is 0 Å². The molecule has 0 N–H and O–H groups in total. The van der Waals surface area contributed by atoms with Gasteiger partial charge < -0.3 is 0 Å². The Kier molecular flexibility index (Phi) is 2.94. The molecule has 0 spiro atoms. The van der Waals surface area contributed by atoms with E-state index in [1.54, 1.807) is 0 Å². The van der Waals surface area contributed by atoms with E-state index < -0.39 is 0 Å². The van der Waals surface area contributed by atoms with E-state index in [-0.39, 0.29) is 0 Å². The molecule has 3 aromatic rings. The zero-order chi connectivity index (χ0) is 12.5. The average Bonchev–Trinajstić information content (AvgIpc) is 2.40. The summed E-state index contributed by atoms with van der Waals surface area (Å²) in [6.45, 7) is 0. The van der Waals surface area contributed by atoms with Crippen LogP contribution in [-0.2, 0) is 0 Å². The Morgan fingerprint density at radius 1 is 0.833 bits per heavy atom. The first-order chi connectivity index (χ1) is 8.75. The lowest BCUT2D eigenvalue weighted by Gasteiger charge is -2.08. The maximum Gasteiger partial charge on any atom is 0.130 e. The normalized spacial score (nSPS) is 10.8. The number of para-hydroxylation sites is 1. The van der Waals surface area contributed by atoms with E-state index in [2.05, 4.69) is 4.98 Å². The van der Waals surface area contributed by atoms with Crippen LogP contribution in [0.25, 0.3) is 22.0 Å². The first-order valence-corrected chi connectivity index (χ1v) is 6.31. The molecule has 0 fully saturated rings. The zero-order valence-electron chi connectivity index (χ0n) is 9.40. The van der Waals surface area contributed by atoms with Crippen LogP contribution >= 0.6 is 23.2 Å². The number of halogens is 2. The summed E-state index contributed by atoms with van der Waals surface area (Å²) in [5.41, 5.74) is 2.90. The third kappa shape index (κ3) is 1.96. The van der Waals surface area contributed by atoms with Crippen LogP contribution in [-0.4, -0.2) is 4.98 Å². The summed E-state index contributed by atoms with van der Waals surface area (Å²) in [5, 5.41) is 2.08. The van der Waals surface area contributed by atoms with Crippen LogP contribution < -0.4 is 0 Å². The van der Waals surface area contributed by atoms with Crippen molar-refractivity contribution in [2.75, 3.05) is 0 Å². The van der Waals surface area contributed by atoms with Crippen molar-refractivity contribution in [1.29, 1.82) is 0 Å². The smallest absolute Gasteiger partial charge is 0.130 e. The molecule has 0 atom stereocenters. The minimum absolute atomic E-state index is 0.453. The van der Waals surface area contributed by atoms with Gasteiger partial charge in [0.05, 0.1) is 10.5 Å². The fraction of sp³-hybridized carbons (Fsp3) is 0. The summed E-state index contributed by atoms with van der Waals surface area (Å²) in [5.74, 6) is 0. The topological polar surface area (TPSA) is 12.9 Å². The molecule has 0 aliphatic rings. The Bertz CT molecular complexity index is 708. The summed E-state index contributed by atoms with van der Waals surface area (Å²) < 4.78 is 0. The fourth-order valence-electron chi connectivity index (χ4n) is 2.04. The second-order valence-electron chi connectivity index (χ2n) is 3.99. The van der Waals surface area contributed by atoms with Gasteiger partial charge in [0.2, 0.25) is 0 Å². The van der Waals surface area contributed by atoms with Gasteiger partial charge in [0.1, 0.15) is 5.15 Å². The molecule has 0 bridgehead atoms. The molecule has 0 radical (unpaired) electrons. The maximum atomic E-state index is 6.17. The van der Waals surface area contributed by atoms with Crippen LogP contribution in [0.1, 0.15) is 0 Å². The number of fused-ring (bicyclic) bond motifs is 1. The SMILES string of the molecule is Clc1cc(-c2ccccc2)c2cccc(Cl)c2n1. The van der Waals surface area contributed by atoms with E-state index in [1.165, 1.54) is 0 Å². The van der Waals surface area contributed by atoms with Crippen molar-refractivity contribution in [3.05, 3.63) is 64.8 Å². The molecule has 3 heteroatoms. The maximum absolute atomic E-state index is 6.17. The number of pyridine rings is 1. The molecule has 0 aliphatic heterocycles. The van der Waals surface area contributed by atoms with Crippen LogP contribution in [0, 0.1) is 0 Å². The fourth-order valence-corrected chi connectivity index (χ4v) is 2.45. The molecule has 3 rings (SSSR count). The van der Waals surface area contributed by atoms with Gasteiger partial charge in [-0.25, -0.2) is 4.98 Å². The molecular weight excluding hydrogens is 265 g/mol. The van der Waals surface area contributed by atoms with Crippen LogP contribution in [0.2, 0.25) is 10.2 Å². The molecular formula is C15H9Cl2N. The van der Waals surface area contributed by atoms with Crippen LogP contribution in [0.15, 0.2) is 54.6 Å². The van der Waals surface area contributed by atoms with Gasteiger partial charge in [0.25, 0.3) is 0 Å². The Morgan fingerprint density at radius 2 is 1.61 bits per heavy atom. The van der Waals surface area contributed by atoms with Crippen LogP contribution in [0.4, 0.5) is 0 Å². The number of aromatic nitrogens is 1. The molecule has 0 amide bonds. The highest BCUT2D eigenvalue weighted by atomic mass is 35.5. The predicted molar refractivity (Wildman–Crippen MR) is 77.2 cm³/mol. The number of benzene rings is 2. The molecule has 0 saturated carbocycles. The van der Waals surface area contributed by atoms with E-state index >= 15 is 0 Å². The Hall–Kier alpha value is -1.57. The highest BCUT2D eigenvalue weighted by molar-refractivity contribution is 6.36. The number of nitrogens with zero attached hydrogens (tertiary/aromatic N) is 1. The van der Waals surface area contributed by atoms with Crippen molar-refractivity contribution in [2.24, 2.45) is 0 Å². The van der Waals surface area contributed by atoms with Crippen LogP contribution in [0.3, 0.4) is 0 Å². The van der Waals surface area contributed by atoms with Gasteiger partial charge in [-0.05, 0) is 23.3 Å². The van der Waals surface area contributed by atoms with Crippen molar-refractivity contribution < 1.29 is 0 Å². The van der Waals surface area contributed by atoms with Gasteiger partial charge >= 0.3 is 0 Å². The minimum atomic E-state index is 0.453. The second-order valence-corrected chi connectivity index (χ2v) is 4.79. The highest BCUT2D eigenvalue weighted by Crippen LogP contribution is 2.32. The lowest BCUT2D eigenvalue weighted by atomic mass is 10.0. The lowest BCUT2D eigenvalue weighted by Crippen LogP contribution is -1.86. The molecule has 18 heavy (non-hydrogen) atoms. The standard InChI is InChI=1S/C15H9Cl2N/c16-13-8-4-7-11-12(9-14(17)18-15(11)13)10-5-2-1-3-6-10/h1-9H. The average molecular weight is 274 g/mol. The third-order valence-corrected chi connectivity index (χ3v) is 3.34. The number of hydrogen-bond acceptors (Lipinski definition) is 1. The van der Waals surface area contributed by atoms with Gasteiger partial charge in [-0.3, -0.25) is 0 Å². The summed E-state index contributed by atoms with van der Waals surface area (Å²) in [6.07, 6.45) is 0. The van der Waals surface area contributed by atoms with Crippen molar-refractivity contribution in [3.63, 3.8) is 0 Å². The van der Waals surface area contributed by atoms with E-state index in [9.17, 15) is 0 Å². The lowest BCUT2D eigenvalue weighted by molar-refractivity contribution is 1.41. The van der Waals surface area contributed by atoms with Crippen molar-refractivity contribution in [2.45, 2.75) is 0 Å². The van der Waals surface area contributed by atoms with E-state index in [1.807, 2.05) is 54.6 Å². The van der Waals surface area contributed by atoms with Gasteiger partial charge in [0, 0.05) is 5.39 Å². The molecule has 88 valence electrons. The van der Waals surface area contributed by atoms with Crippen molar-refractivity contribution in [1.82, 2.24) is 4.98 Å². The molecule has 1 heterocycles. The van der Waals surface area contributed by atoms with E-state index in [0.717, 1.165) is 22.0 Å². The third-order valence-electron chi connectivity index (χ3n) is 2.84. The highest BCUT2D eigenvalue weighted by Gasteiger charge is 2.08. The van der Waals surface area contributed by atoms with Gasteiger partial charge in [-0.1, -0.05) is 65.7 Å². The molecule has 0 saturated heterocycles. The quantitative estimate of drug-likeness (QED) is 0.555. The van der Waals surface area contributed by atoms with Gasteiger partial charge in [-0.2, -0.15) is 0 Å². The molecule has 0 aliphatic carbocycles. The second kappa shape index (κ2) is 4.60. The summed E-state index contributed by atoms with van der Waals surface area (Å²) in [7, 11) is 0. The number of hydrogen-bond donors (Lipinski definition) is 0. The summed E-state index contributed by atoms with van der Waals surface area (Å²) in [4.78, 5) is 4.29. The van der Waals surface area contributed by atoms with Gasteiger partial charge in [0.15, 0.2) is 0 Å². The molecule has 1 nitrogen and oxygen atoms in total. The number of rotatable bonds is 1. The minimum Gasteiger partial charge on any atom is -0.234 e. The van der Waals surface area contributed by atoms with Crippen LogP contribution in [0.5, 0.6) is 0 Å². The Morgan fingerprint density at radius 3 is 2.39 bits per heavy atom. The monoisotopic (exact) mass is 273 g/mol. The Balaban J connectivity index is 2.39. The first-order valence-electron chi connectivity index (χ1n) is 5.56. The van der Waals surface area contributed by atoms with Crippen molar-refractivity contribution >= 4 is 34.1 Å². The summed E-state index contributed by atoms with van der Waals surface area (Å²) in [6, 6.07) is 17.7. The zero-order valence-corrected chi connectivity index (χ0v) is 10.9. The molecule has 2 aromatic carbocycles. The molecule has 0 unspecified atom stereocenters. The summed E-state index contributed by atoms with van der Waals surface area (Å²) >= 11 is 12.2. The van der Waals surface area contributed by atoms with Crippen molar-refractivity contribution in [3.8, 4) is 11.1 Å². The largest absolute Gasteiger partial charge is 0.234 e. The Labute approximate surface area is 115 Å². The predicted octanol–water partition coefficient (Wildman–Crippen LogP) is 5.21. The van der Waals surface area contributed by atoms with E-state index in [0.29, 0.717) is 10.2 Å². The first kappa shape index (κ1) is 11.5. The molecule has 1 aromatic heterocycles. The van der Waals surface area contributed by atoms with E-state index in [4.69, 9.17) is 23.2 Å².